The number of carbonyl (C=O) groups is 1. The van der Waals surface area contributed by atoms with E-state index in [9.17, 15) is 4.79 Å². The maximum Gasteiger partial charge on any atom is 0.254 e. The van der Waals surface area contributed by atoms with Gasteiger partial charge < -0.3 is 10.1 Å². The number of pyridine rings is 1. The fourth-order valence-electron chi connectivity index (χ4n) is 2.57. The maximum atomic E-state index is 12.5. The Labute approximate surface area is 160 Å². The summed E-state index contributed by atoms with van der Waals surface area (Å²) < 4.78 is 8.28. The molecule has 0 aliphatic carbocycles. The van der Waals surface area contributed by atoms with E-state index in [0.29, 0.717) is 31.0 Å². The Morgan fingerprint density at radius 1 is 1.27 bits per heavy atom. The van der Waals surface area contributed by atoms with E-state index in [0.717, 1.165) is 15.9 Å². The average molecular weight is 415 g/mol. The average Bonchev–Trinajstić information content (AvgIpc) is 3.10. The van der Waals surface area contributed by atoms with Crippen molar-refractivity contribution in [3.63, 3.8) is 0 Å². The predicted octanol–water partition coefficient (Wildman–Crippen LogP) is 3.40. The van der Waals surface area contributed by atoms with Gasteiger partial charge in [-0.2, -0.15) is 5.10 Å². The van der Waals surface area contributed by atoms with E-state index in [4.69, 9.17) is 4.74 Å². The molecule has 0 fully saturated rings. The Kier molecular flexibility index (Phi) is 6.01. The number of aromatic nitrogens is 3. The predicted molar refractivity (Wildman–Crippen MR) is 103 cm³/mol. The molecule has 26 heavy (non-hydrogen) atoms. The van der Waals surface area contributed by atoms with Gasteiger partial charge in [-0.1, -0.05) is 35.0 Å². The second kappa shape index (κ2) is 8.62. The van der Waals surface area contributed by atoms with Crippen molar-refractivity contribution in [2.45, 2.75) is 13.3 Å². The van der Waals surface area contributed by atoms with Crippen molar-refractivity contribution >= 4 is 21.8 Å². The SMILES string of the molecule is CCc1c(C(=O)NCCOc2cccc(Br)c2)cnn1-c1ccccn1. The first-order chi connectivity index (χ1) is 12.7. The van der Waals surface area contributed by atoms with Gasteiger partial charge in [-0.3, -0.25) is 4.79 Å². The first kappa shape index (κ1) is 18.1. The van der Waals surface area contributed by atoms with Crippen molar-refractivity contribution in [1.29, 1.82) is 0 Å². The molecule has 0 saturated carbocycles. The fourth-order valence-corrected chi connectivity index (χ4v) is 2.94. The monoisotopic (exact) mass is 414 g/mol. The van der Waals surface area contributed by atoms with Crippen molar-refractivity contribution in [2.24, 2.45) is 0 Å². The smallest absolute Gasteiger partial charge is 0.254 e. The van der Waals surface area contributed by atoms with Crippen LogP contribution in [0.5, 0.6) is 5.75 Å². The Hall–Kier alpha value is -2.67. The molecular weight excluding hydrogens is 396 g/mol. The Bertz CT molecular complexity index is 880. The minimum Gasteiger partial charge on any atom is -0.492 e. The summed E-state index contributed by atoms with van der Waals surface area (Å²) in [6.07, 6.45) is 3.96. The molecule has 0 radical (unpaired) electrons. The number of hydrogen-bond acceptors (Lipinski definition) is 4. The van der Waals surface area contributed by atoms with E-state index < -0.39 is 0 Å². The lowest BCUT2D eigenvalue weighted by Crippen LogP contribution is -2.28. The van der Waals surface area contributed by atoms with E-state index >= 15 is 0 Å². The third kappa shape index (κ3) is 4.29. The highest BCUT2D eigenvalue weighted by atomic mass is 79.9. The third-order valence-corrected chi connectivity index (χ3v) is 4.26. The van der Waals surface area contributed by atoms with Crippen molar-refractivity contribution < 1.29 is 9.53 Å². The Morgan fingerprint density at radius 2 is 2.15 bits per heavy atom. The normalized spacial score (nSPS) is 10.5. The summed E-state index contributed by atoms with van der Waals surface area (Å²) in [5, 5.41) is 7.19. The van der Waals surface area contributed by atoms with Crippen LogP contribution in [0.15, 0.2) is 59.3 Å². The van der Waals surface area contributed by atoms with Crippen LogP contribution in [0.3, 0.4) is 0 Å². The topological polar surface area (TPSA) is 69.0 Å². The molecule has 3 aromatic rings. The number of benzene rings is 1. The van der Waals surface area contributed by atoms with Gasteiger partial charge in [0, 0.05) is 10.7 Å². The van der Waals surface area contributed by atoms with E-state index in [1.807, 2.05) is 49.4 Å². The molecule has 0 saturated heterocycles. The molecule has 2 heterocycles. The van der Waals surface area contributed by atoms with Crippen LogP contribution >= 0.6 is 15.9 Å². The van der Waals surface area contributed by atoms with Crippen LogP contribution in [0.4, 0.5) is 0 Å². The lowest BCUT2D eigenvalue weighted by atomic mass is 10.2. The summed E-state index contributed by atoms with van der Waals surface area (Å²) in [4.78, 5) is 16.8. The maximum absolute atomic E-state index is 12.5. The van der Waals surface area contributed by atoms with Gasteiger partial charge in [-0.05, 0) is 36.8 Å². The molecule has 0 spiro atoms. The highest BCUT2D eigenvalue weighted by Crippen LogP contribution is 2.17. The van der Waals surface area contributed by atoms with Crippen LogP contribution < -0.4 is 10.1 Å². The minimum atomic E-state index is -0.165. The molecule has 0 atom stereocenters. The lowest BCUT2D eigenvalue weighted by molar-refractivity contribution is 0.0946. The number of hydrogen-bond donors (Lipinski definition) is 1. The number of rotatable bonds is 7. The summed E-state index contributed by atoms with van der Waals surface area (Å²) in [6.45, 7) is 2.78. The van der Waals surface area contributed by atoms with E-state index in [2.05, 4.69) is 31.3 Å². The summed E-state index contributed by atoms with van der Waals surface area (Å²) >= 11 is 3.40. The van der Waals surface area contributed by atoms with E-state index in [1.165, 1.54) is 0 Å². The van der Waals surface area contributed by atoms with Gasteiger partial charge in [0.15, 0.2) is 5.82 Å². The van der Waals surface area contributed by atoms with Gasteiger partial charge in [0.1, 0.15) is 12.4 Å². The molecule has 1 N–H and O–H groups in total. The number of amides is 1. The van der Waals surface area contributed by atoms with Crippen molar-refractivity contribution in [3.05, 3.63) is 70.6 Å². The third-order valence-electron chi connectivity index (χ3n) is 3.77. The summed E-state index contributed by atoms with van der Waals surface area (Å²) in [7, 11) is 0. The van der Waals surface area contributed by atoms with Crippen molar-refractivity contribution in [2.75, 3.05) is 13.2 Å². The van der Waals surface area contributed by atoms with Crippen molar-refractivity contribution in [3.8, 4) is 11.6 Å². The summed E-state index contributed by atoms with van der Waals surface area (Å²) in [5.41, 5.74) is 1.38. The fraction of sp³-hybridized carbons (Fsp3) is 0.211. The molecule has 6 nitrogen and oxygen atoms in total. The Morgan fingerprint density at radius 3 is 2.88 bits per heavy atom. The molecule has 1 amide bonds. The zero-order valence-electron chi connectivity index (χ0n) is 14.4. The number of nitrogens with one attached hydrogen (secondary N) is 1. The van der Waals surface area contributed by atoms with Gasteiger partial charge in [0.25, 0.3) is 5.91 Å². The van der Waals surface area contributed by atoms with Crippen LogP contribution in [-0.2, 0) is 6.42 Å². The number of nitrogens with zero attached hydrogens (tertiary/aromatic N) is 3. The molecule has 7 heteroatoms. The zero-order chi connectivity index (χ0) is 18.4. The van der Waals surface area contributed by atoms with Gasteiger partial charge in [-0.15, -0.1) is 0 Å². The van der Waals surface area contributed by atoms with Crippen LogP contribution in [-0.4, -0.2) is 33.8 Å². The van der Waals surface area contributed by atoms with Crippen LogP contribution in [0.2, 0.25) is 0 Å². The molecule has 3 rings (SSSR count). The molecule has 1 aromatic carbocycles. The first-order valence-electron chi connectivity index (χ1n) is 8.34. The van der Waals surface area contributed by atoms with Crippen molar-refractivity contribution in [1.82, 2.24) is 20.1 Å². The molecule has 134 valence electrons. The van der Waals surface area contributed by atoms with Crippen LogP contribution in [0, 0.1) is 0 Å². The number of halogens is 1. The molecular formula is C19H19BrN4O2. The minimum absolute atomic E-state index is 0.165. The van der Waals surface area contributed by atoms with E-state index in [-0.39, 0.29) is 5.91 Å². The van der Waals surface area contributed by atoms with Crippen LogP contribution in [0.25, 0.3) is 5.82 Å². The number of carbonyl (C=O) groups excluding carboxylic acids is 1. The quantitative estimate of drug-likeness (QED) is 0.601. The van der Waals surface area contributed by atoms with Gasteiger partial charge in [0.2, 0.25) is 0 Å². The standard InChI is InChI=1S/C19H19BrN4O2/c1-2-17-16(13-23-24(17)18-8-3-4-9-21-18)19(25)22-10-11-26-15-7-5-6-14(20)12-15/h3-9,12-13H,2,10-11H2,1H3,(H,22,25). The molecule has 0 unspecified atom stereocenters. The highest BCUT2D eigenvalue weighted by Gasteiger charge is 2.17. The summed E-state index contributed by atoms with van der Waals surface area (Å²) in [6, 6.07) is 13.2. The Balaban J connectivity index is 1.60. The molecule has 0 aliphatic heterocycles. The van der Waals surface area contributed by atoms with Crippen LogP contribution in [0.1, 0.15) is 23.0 Å². The second-order valence-corrected chi connectivity index (χ2v) is 6.44. The van der Waals surface area contributed by atoms with Gasteiger partial charge in [-0.25, -0.2) is 9.67 Å². The first-order valence-corrected chi connectivity index (χ1v) is 9.13. The molecule has 2 aromatic heterocycles. The zero-order valence-corrected chi connectivity index (χ0v) is 15.9. The lowest BCUT2D eigenvalue weighted by Gasteiger charge is -2.09. The highest BCUT2D eigenvalue weighted by molar-refractivity contribution is 9.10. The molecule has 0 bridgehead atoms. The molecule has 0 aliphatic rings. The number of ether oxygens (including phenoxy) is 1. The van der Waals surface area contributed by atoms with Gasteiger partial charge in [0.05, 0.1) is 24.0 Å². The largest absolute Gasteiger partial charge is 0.492 e. The van der Waals surface area contributed by atoms with Gasteiger partial charge >= 0.3 is 0 Å². The second-order valence-electron chi connectivity index (χ2n) is 5.52. The summed E-state index contributed by atoms with van der Waals surface area (Å²) in [5.74, 6) is 1.29. The van der Waals surface area contributed by atoms with E-state index in [1.54, 1.807) is 17.1 Å².